The molecule has 2 aromatic rings. The second-order valence-electron chi connectivity index (χ2n) is 7.47. The fraction of sp³-hybridized carbons (Fsp3) is 0.409. The van der Waals surface area contributed by atoms with E-state index in [1.165, 1.54) is 33.5 Å². The highest BCUT2D eigenvalue weighted by atomic mass is 32.2. The lowest BCUT2D eigenvalue weighted by molar-refractivity contribution is -0.137. The highest BCUT2D eigenvalue weighted by Crippen LogP contribution is 2.29. The SMILES string of the molecule is CCOc1ccc(S(=O)(=O)N2CCN(C(=O)NCCc3ccc(C(F)(F)F)cc3)CC2)cc1. The Morgan fingerprint density at radius 2 is 1.61 bits per heavy atom. The van der Waals surface area contributed by atoms with E-state index in [1.807, 2.05) is 6.92 Å². The summed E-state index contributed by atoms with van der Waals surface area (Å²) in [5.74, 6) is 0.592. The van der Waals surface area contributed by atoms with Crippen LogP contribution in [-0.2, 0) is 22.6 Å². The van der Waals surface area contributed by atoms with Crippen molar-refractivity contribution in [3.63, 3.8) is 0 Å². The fourth-order valence-corrected chi connectivity index (χ4v) is 4.86. The molecule has 1 saturated heterocycles. The second-order valence-corrected chi connectivity index (χ2v) is 9.41. The molecule has 1 fully saturated rings. The number of nitrogens with one attached hydrogen (secondary N) is 1. The molecule has 0 atom stereocenters. The van der Waals surface area contributed by atoms with E-state index < -0.39 is 21.8 Å². The third-order valence-corrected chi connectivity index (χ3v) is 7.18. The number of ether oxygens (including phenoxy) is 1. The summed E-state index contributed by atoms with van der Waals surface area (Å²) >= 11 is 0. The molecule has 1 aliphatic heterocycles. The van der Waals surface area contributed by atoms with Crippen LogP contribution in [0.15, 0.2) is 53.4 Å². The van der Waals surface area contributed by atoms with Gasteiger partial charge in [0.1, 0.15) is 5.75 Å². The molecule has 180 valence electrons. The van der Waals surface area contributed by atoms with Gasteiger partial charge in [0.25, 0.3) is 0 Å². The summed E-state index contributed by atoms with van der Waals surface area (Å²) in [6.45, 7) is 3.40. The van der Waals surface area contributed by atoms with Crippen molar-refractivity contribution in [1.29, 1.82) is 0 Å². The molecular formula is C22H26F3N3O4S. The van der Waals surface area contributed by atoms with Crippen LogP contribution in [0.3, 0.4) is 0 Å². The summed E-state index contributed by atoms with van der Waals surface area (Å²) in [6.07, 6.45) is -3.99. The Labute approximate surface area is 191 Å². The zero-order valence-electron chi connectivity index (χ0n) is 18.1. The number of nitrogens with zero attached hydrogens (tertiary/aromatic N) is 2. The molecule has 3 rings (SSSR count). The van der Waals surface area contributed by atoms with Gasteiger partial charge in [-0.25, -0.2) is 13.2 Å². The number of amides is 2. The summed E-state index contributed by atoms with van der Waals surface area (Å²) in [7, 11) is -3.67. The van der Waals surface area contributed by atoms with Gasteiger partial charge in [-0.05, 0) is 55.3 Å². The zero-order chi connectivity index (χ0) is 24.1. The quantitative estimate of drug-likeness (QED) is 0.653. The van der Waals surface area contributed by atoms with E-state index in [0.29, 0.717) is 24.3 Å². The van der Waals surface area contributed by atoms with Crippen molar-refractivity contribution in [2.24, 2.45) is 0 Å². The van der Waals surface area contributed by atoms with Gasteiger partial charge >= 0.3 is 12.2 Å². The molecule has 0 bridgehead atoms. The van der Waals surface area contributed by atoms with Gasteiger partial charge in [0.15, 0.2) is 0 Å². The first-order chi connectivity index (χ1) is 15.6. The fourth-order valence-electron chi connectivity index (χ4n) is 3.44. The van der Waals surface area contributed by atoms with E-state index in [9.17, 15) is 26.4 Å². The molecule has 0 saturated carbocycles. The van der Waals surface area contributed by atoms with Crippen LogP contribution >= 0.6 is 0 Å². The summed E-state index contributed by atoms with van der Waals surface area (Å²) in [6, 6.07) is 10.7. The molecule has 0 aromatic heterocycles. The summed E-state index contributed by atoms with van der Waals surface area (Å²) in [5, 5.41) is 2.73. The molecule has 0 unspecified atom stereocenters. The van der Waals surface area contributed by atoms with E-state index in [4.69, 9.17) is 4.74 Å². The Bertz CT molecular complexity index is 1030. The number of sulfonamides is 1. The number of hydrogen-bond acceptors (Lipinski definition) is 4. The number of benzene rings is 2. The summed E-state index contributed by atoms with van der Waals surface area (Å²) < 4.78 is 70.2. The van der Waals surface area contributed by atoms with Crippen molar-refractivity contribution >= 4 is 16.1 Å². The molecule has 11 heteroatoms. The third kappa shape index (κ3) is 6.38. The Hall–Kier alpha value is -2.79. The van der Waals surface area contributed by atoms with Gasteiger partial charge in [-0.15, -0.1) is 0 Å². The monoisotopic (exact) mass is 485 g/mol. The van der Waals surface area contributed by atoms with Crippen molar-refractivity contribution < 1.29 is 31.1 Å². The molecule has 1 N–H and O–H groups in total. The zero-order valence-corrected chi connectivity index (χ0v) is 19.0. The number of alkyl halides is 3. The van der Waals surface area contributed by atoms with Crippen LogP contribution in [0.5, 0.6) is 5.75 Å². The first-order valence-electron chi connectivity index (χ1n) is 10.5. The first kappa shape index (κ1) is 24.8. The summed E-state index contributed by atoms with van der Waals surface area (Å²) in [5.41, 5.74) is -0.0390. The molecular weight excluding hydrogens is 459 g/mol. The Kier molecular flexibility index (Phi) is 7.85. The van der Waals surface area contributed by atoms with Gasteiger partial charge in [0.05, 0.1) is 17.1 Å². The molecule has 0 radical (unpaired) electrons. The lowest BCUT2D eigenvalue weighted by Crippen LogP contribution is -2.53. The van der Waals surface area contributed by atoms with Crippen molar-refractivity contribution in [1.82, 2.24) is 14.5 Å². The predicted octanol–water partition coefficient (Wildman–Crippen LogP) is 3.36. The lowest BCUT2D eigenvalue weighted by Gasteiger charge is -2.34. The average Bonchev–Trinajstić information content (AvgIpc) is 2.79. The normalized spacial score (nSPS) is 15.3. The van der Waals surface area contributed by atoms with Crippen LogP contribution in [-0.4, -0.2) is 63.0 Å². The minimum Gasteiger partial charge on any atom is -0.494 e. The van der Waals surface area contributed by atoms with E-state index in [1.54, 1.807) is 12.1 Å². The van der Waals surface area contributed by atoms with Gasteiger partial charge < -0.3 is 15.0 Å². The molecule has 7 nitrogen and oxygen atoms in total. The van der Waals surface area contributed by atoms with Crippen LogP contribution < -0.4 is 10.1 Å². The lowest BCUT2D eigenvalue weighted by atomic mass is 10.1. The maximum atomic E-state index is 12.8. The van der Waals surface area contributed by atoms with Crippen LogP contribution in [0.4, 0.5) is 18.0 Å². The minimum atomic E-state index is -4.38. The number of urea groups is 1. The smallest absolute Gasteiger partial charge is 0.416 e. The summed E-state index contributed by atoms with van der Waals surface area (Å²) in [4.78, 5) is 14.1. The van der Waals surface area contributed by atoms with Gasteiger partial charge in [-0.2, -0.15) is 17.5 Å². The second kappa shape index (κ2) is 10.4. The van der Waals surface area contributed by atoms with E-state index in [0.717, 1.165) is 12.1 Å². The molecule has 1 heterocycles. The van der Waals surface area contributed by atoms with Crippen molar-refractivity contribution in [2.75, 3.05) is 39.3 Å². The molecule has 0 spiro atoms. The first-order valence-corrected chi connectivity index (χ1v) is 12.0. The van der Waals surface area contributed by atoms with Crippen LogP contribution in [0.2, 0.25) is 0 Å². The van der Waals surface area contributed by atoms with Crippen molar-refractivity contribution in [3.05, 3.63) is 59.7 Å². The van der Waals surface area contributed by atoms with Crippen molar-refractivity contribution in [3.8, 4) is 5.75 Å². The van der Waals surface area contributed by atoms with E-state index in [-0.39, 0.29) is 43.7 Å². The number of halogens is 3. The highest BCUT2D eigenvalue weighted by molar-refractivity contribution is 7.89. The maximum Gasteiger partial charge on any atom is 0.416 e. The van der Waals surface area contributed by atoms with E-state index >= 15 is 0 Å². The number of carbonyl (C=O) groups is 1. The Morgan fingerprint density at radius 1 is 1.00 bits per heavy atom. The van der Waals surface area contributed by atoms with Gasteiger partial charge in [0.2, 0.25) is 10.0 Å². The van der Waals surface area contributed by atoms with Crippen molar-refractivity contribution in [2.45, 2.75) is 24.4 Å². The number of carbonyl (C=O) groups excluding carboxylic acids is 1. The maximum absolute atomic E-state index is 12.8. The van der Waals surface area contributed by atoms with E-state index in [2.05, 4.69) is 5.32 Å². The Morgan fingerprint density at radius 3 is 2.15 bits per heavy atom. The van der Waals surface area contributed by atoms with Gasteiger partial charge in [-0.1, -0.05) is 12.1 Å². The number of piperazine rings is 1. The van der Waals surface area contributed by atoms with Crippen LogP contribution in [0, 0.1) is 0 Å². The standard InChI is InChI=1S/C22H26F3N3O4S/c1-2-32-19-7-9-20(10-8-19)33(30,31)28-15-13-27(14-16-28)21(29)26-12-11-17-3-5-18(6-4-17)22(23,24)25/h3-10H,2,11-16H2,1H3,(H,26,29). The highest BCUT2D eigenvalue weighted by Gasteiger charge is 2.31. The molecule has 33 heavy (non-hydrogen) atoms. The average molecular weight is 486 g/mol. The van der Waals surface area contributed by atoms with Gasteiger partial charge in [0, 0.05) is 32.7 Å². The molecule has 2 amide bonds. The van der Waals surface area contributed by atoms with Crippen LogP contribution in [0.25, 0.3) is 0 Å². The Balaban J connectivity index is 1.46. The third-order valence-electron chi connectivity index (χ3n) is 5.27. The van der Waals surface area contributed by atoms with Gasteiger partial charge in [-0.3, -0.25) is 0 Å². The van der Waals surface area contributed by atoms with Crippen LogP contribution in [0.1, 0.15) is 18.1 Å². The minimum absolute atomic E-state index is 0.167. The largest absolute Gasteiger partial charge is 0.494 e. The number of hydrogen-bond donors (Lipinski definition) is 1. The topological polar surface area (TPSA) is 79.0 Å². The molecule has 1 aliphatic rings. The molecule has 2 aromatic carbocycles. The molecule has 0 aliphatic carbocycles. The number of rotatable bonds is 7. The predicted molar refractivity (Wildman–Crippen MR) is 116 cm³/mol.